The average molecular weight is 299 g/mol. The van der Waals surface area contributed by atoms with Crippen molar-refractivity contribution < 1.29 is 4.79 Å². The third kappa shape index (κ3) is 1.91. The van der Waals surface area contributed by atoms with E-state index in [-0.39, 0.29) is 11.9 Å². The number of amides is 2. The molecule has 4 heterocycles. The standard InChI is InChI=1S/C14H17N7O/c1-2-15-14(22)20-6-4-9(8-20)13-19-18-11-7-17-12-10(21(11)13)3-5-16-12/h3,5,7,9,16H,2,4,6,8H2,1H3,(H,15,22). The van der Waals surface area contributed by atoms with Crippen molar-refractivity contribution in [2.24, 2.45) is 0 Å². The Hall–Kier alpha value is -2.64. The van der Waals surface area contributed by atoms with Crippen molar-refractivity contribution in [2.45, 2.75) is 19.3 Å². The van der Waals surface area contributed by atoms with E-state index in [1.54, 1.807) is 6.20 Å². The monoisotopic (exact) mass is 299 g/mol. The summed E-state index contributed by atoms with van der Waals surface area (Å²) in [5, 5.41) is 11.4. The smallest absolute Gasteiger partial charge is 0.317 e. The minimum Gasteiger partial charge on any atom is -0.345 e. The summed E-state index contributed by atoms with van der Waals surface area (Å²) in [6.07, 6.45) is 4.47. The summed E-state index contributed by atoms with van der Waals surface area (Å²) in [7, 11) is 0. The third-order valence-electron chi connectivity index (χ3n) is 4.14. The zero-order chi connectivity index (χ0) is 15.1. The number of likely N-dealkylation sites (tertiary alicyclic amines) is 1. The molecule has 0 aromatic carbocycles. The van der Waals surface area contributed by atoms with Crippen molar-refractivity contribution >= 4 is 22.8 Å². The fourth-order valence-electron chi connectivity index (χ4n) is 3.08. The third-order valence-corrected chi connectivity index (χ3v) is 4.14. The van der Waals surface area contributed by atoms with Gasteiger partial charge in [-0.2, -0.15) is 0 Å². The van der Waals surface area contributed by atoms with Gasteiger partial charge in [0.25, 0.3) is 0 Å². The second-order valence-corrected chi connectivity index (χ2v) is 5.49. The van der Waals surface area contributed by atoms with E-state index in [1.807, 2.05) is 28.5 Å². The molecular weight excluding hydrogens is 282 g/mol. The summed E-state index contributed by atoms with van der Waals surface area (Å²) in [4.78, 5) is 21.2. The molecule has 1 atom stereocenters. The molecule has 2 amide bonds. The van der Waals surface area contributed by atoms with Crippen LogP contribution in [0.15, 0.2) is 18.5 Å². The quantitative estimate of drug-likeness (QED) is 0.742. The van der Waals surface area contributed by atoms with Crippen LogP contribution in [0.3, 0.4) is 0 Å². The summed E-state index contributed by atoms with van der Waals surface area (Å²) in [5.74, 6) is 1.09. The van der Waals surface area contributed by atoms with Gasteiger partial charge in [-0.15, -0.1) is 10.2 Å². The molecule has 4 rings (SSSR count). The van der Waals surface area contributed by atoms with E-state index >= 15 is 0 Å². The molecule has 0 bridgehead atoms. The first-order valence-electron chi connectivity index (χ1n) is 7.48. The van der Waals surface area contributed by atoms with Crippen LogP contribution in [0.4, 0.5) is 4.79 Å². The molecule has 8 nitrogen and oxygen atoms in total. The lowest BCUT2D eigenvalue weighted by atomic mass is 10.1. The summed E-state index contributed by atoms with van der Waals surface area (Å²) in [6.45, 7) is 3.98. The number of aromatic nitrogens is 5. The molecule has 0 spiro atoms. The molecule has 1 aliphatic rings. The molecule has 1 fully saturated rings. The van der Waals surface area contributed by atoms with Crippen molar-refractivity contribution in [3.63, 3.8) is 0 Å². The SMILES string of the molecule is CCNC(=O)N1CCC(c2nnc3cnc4[nH]ccc4n23)C1. The summed E-state index contributed by atoms with van der Waals surface area (Å²) >= 11 is 0. The maximum Gasteiger partial charge on any atom is 0.317 e. The van der Waals surface area contributed by atoms with E-state index in [9.17, 15) is 4.79 Å². The Labute approximate surface area is 126 Å². The van der Waals surface area contributed by atoms with Gasteiger partial charge in [0.1, 0.15) is 5.82 Å². The molecule has 8 heteroatoms. The number of hydrogen-bond acceptors (Lipinski definition) is 4. The summed E-state index contributed by atoms with van der Waals surface area (Å²) in [6, 6.07) is 1.96. The zero-order valence-electron chi connectivity index (χ0n) is 12.3. The van der Waals surface area contributed by atoms with Gasteiger partial charge in [-0.3, -0.25) is 4.40 Å². The van der Waals surface area contributed by atoms with Gasteiger partial charge in [-0.1, -0.05) is 0 Å². The fraction of sp³-hybridized carbons (Fsp3) is 0.429. The van der Waals surface area contributed by atoms with Crippen molar-refractivity contribution in [1.29, 1.82) is 0 Å². The molecule has 3 aromatic rings. The van der Waals surface area contributed by atoms with Gasteiger partial charge in [0.2, 0.25) is 0 Å². The fourth-order valence-corrected chi connectivity index (χ4v) is 3.08. The Morgan fingerprint density at radius 3 is 3.27 bits per heavy atom. The molecule has 0 radical (unpaired) electrons. The van der Waals surface area contributed by atoms with Gasteiger partial charge < -0.3 is 15.2 Å². The molecular formula is C14H17N7O. The Morgan fingerprint density at radius 1 is 1.50 bits per heavy atom. The lowest BCUT2D eigenvalue weighted by Gasteiger charge is -2.16. The number of rotatable bonds is 2. The first-order valence-corrected chi connectivity index (χ1v) is 7.48. The number of carbonyl (C=O) groups excluding carboxylic acids is 1. The van der Waals surface area contributed by atoms with Gasteiger partial charge in [0, 0.05) is 31.7 Å². The highest BCUT2D eigenvalue weighted by molar-refractivity contribution is 5.75. The minimum atomic E-state index is -0.00715. The van der Waals surface area contributed by atoms with Crippen molar-refractivity contribution in [3.8, 4) is 0 Å². The van der Waals surface area contributed by atoms with Gasteiger partial charge in [0.05, 0.1) is 11.7 Å². The maximum absolute atomic E-state index is 12.0. The second-order valence-electron chi connectivity index (χ2n) is 5.49. The molecule has 2 N–H and O–H groups in total. The van der Waals surface area contributed by atoms with E-state index in [1.165, 1.54) is 0 Å². The number of urea groups is 1. The lowest BCUT2D eigenvalue weighted by molar-refractivity contribution is 0.209. The van der Waals surface area contributed by atoms with Gasteiger partial charge >= 0.3 is 6.03 Å². The molecule has 22 heavy (non-hydrogen) atoms. The number of hydrogen-bond donors (Lipinski definition) is 2. The van der Waals surface area contributed by atoms with Gasteiger partial charge in [-0.05, 0) is 19.4 Å². The van der Waals surface area contributed by atoms with Gasteiger partial charge in [0.15, 0.2) is 11.3 Å². The normalized spacial score (nSPS) is 18.4. The molecule has 0 saturated carbocycles. The van der Waals surface area contributed by atoms with Crippen LogP contribution in [0.25, 0.3) is 16.8 Å². The summed E-state index contributed by atoms with van der Waals surface area (Å²) < 4.78 is 2.03. The Bertz CT molecular complexity index is 836. The van der Waals surface area contributed by atoms with Crippen LogP contribution in [-0.2, 0) is 0 Å². The van der Waals surface area contributed by atoms with E-state index < -0.39 is 0 Å². The van der Waals surface area contributed by atoms with Crippen LogP contribution in [0.1, 0.15) is 25.1 Å². The lowest BCUT2D eigenvalue weighted by Crippen LogP contribution is -2.38. The summed E-state index contributed by atoms with van der Waals surface area (Å²) in [5.41, 5.74) is 2.51. The number of H-pyrrole nitrogens is 1. The van der Waals surface area contributed by atoms with Crippen LogP contribution < -0.4 is 5.32 Å². The van der Waals surface area contributed by atoms with Crippen molar-refractivity contribution in [2.75, 3.05) is 19.6 Å². The number of nitrogens with one attached hydrogen (secondary N) is 2. The molecule has 1 unspecified atom stereocenters. The number of nitrogens with zero attached hydrogens (tertiary/aromatic N) is 5. The number of fused-ring (bicyclic) bond motifs is 3. The van der Waals surface area contributed by atoms with Crippen LogP contribution in [0.5, 0.6) is 0 Å². The Morgan fingerprint density at radius 2 is 2.41 bits per heavy atom. The van der Waals surface area contributed by atoms with E-state index in [0.717, 1.165) is 35.6 Å². The molecule has 114 valence electrons. The van der Waals surface area contributed by atoms with E-state index in [0.29, 0.717) is 13.1 Å². The highest BCUT2D eigenvalue weighted by Gasteiger charge is 2.30. The minimum absolute atomic E-state index is 0.00715. The largest absolute Gasteiger partial charge is 0.345 e. The van der Waals surface area contributed by atoms with Crippen LogP contribution in [0.2, 0.25) is 0 Å². The zero-order valence-corrected chi connectivity index (χ0v) is 12.3. The van der Waals surface area contributed by atoms with Crippen LogP contribution >= 0.6 is 0 Å². The number of carbonyl (C=O) groups is 1. The van der Waals surface area contributed by atoms with Crippen molar-refractivity contribution in [1.82, 2.24) is 34.8 Å². The highest BCUT2D eigenvalue weighted by Crippen LogP contribution is 2.27. The van der Waals surface area contributed by atoms with Gasteiger partial charge in [-0.25, -0.2) is 9.78 Å². The molecule has 1 aliphatic heterocycles. The maximum atomic E-state index is 12.0. The van der Waals surface area contributed by atoms with E-state index in [2.05, 4.69) is 25.5 Å². The predicted molar refractivity (Wildman–Crippen MR) is 80.6 cm³/mol. The highest BCUT2D eigenvalue weighted by atomic mass is 16.2. The topological polar surface area (TPSA) is 91.2 Å². The Kier molecular flexibility index (Phi) is 2.95. The number of aromatic amines is 1. The second kappa shape index (κ2) is 4.97. The Balaban J connectivity index is 1.70. The van der Waals surface area contributed by atoms with Crippen LogP contribution in [0, 0.1) is 0 Å². The molecule has 1 saturated heterocycles. The van der Waals surface area contributed by atoms with E-state index in [4.69, 9.17) is 0 Å². The van der Waals surface area contributed by atoms with Crippen LogP contribution in [-0.4, -0.2) is 55.1 Å². The van der Waals surface area contributed by atoms with Crippen molar-refractivity contribution in [3.05, 3.63) is 24.3 Å². The molecule has 0 aliphatic carbocycles. The first kappa shape index (κ1) is 13.1. The predicted octanol–water partition coefficient (Wildman–Crippen LogP) is 1.12. The first-order chi connectivity index (χ1) is 10.8. The average Bonchev–Trinajstić information content (AvgIpc) is 3.24. The molecule has 3 aromatic heterocycles.